The van der Waals surface area contributed by atoms with Crippen molar-refractivity contribution in [3.05, 3.63) is 83.7 Å². The molecule has 5 nitrogen and oxygen atoms in total. The number of benzene rings is 2. The van der Waals surface area contributed by atoms with Gasteiger partial charge in [0.05, 0.1) is 18.4 Å². The van der Waals surface area contributed by atoms with Crippen LogP contribution in [0.15, 0.2) is 67.0 Å². The maximum Gasteiger partial charge on any atom is 0.257 e. The topological polar surface area (TPSA) is 63.2 Å². The van der Waals surface area contributed by atoms with Gasteiger partial charge in [0.2, 0.25) is 0 Å². The summed E-state index contributed by atoms with van der Waals surface area (Å²) >= 11 is 0. The lowest BCUT2D eigenvalue weighted by Gasteiger charge is -2.09. The average Bonchev–Trinajstić information content (AvgIpc) is 2.69. The highest BCUT2D eigenvalue weighted by molar-refractivity contribution is 6.04. The average molecular weight is 347 g/mol. The first-order valence-corrected chi connectivity index (χ1v) is 8.34. The Morgan fingerprint density at radius 1 is 1.00 bits per heavy atom. The van der Waals surface area contributed by atoms with Crippen LogP contribution in [0, 0.1) is 6.92 Å². The van der Waals surface area contributed by atoms with E-state index in [1.807, 2.05) is 55.5 Å². The van der Waals surface area contributed by atoms with E-state index in [1.54, 1.807) is 25.6 Å². The van der Waals surface area contributed by atoms with Crippen LogP contribution in [0.3, 0.4) is 0 Å². The number of nitrogens with zero attached hydrogens (tertiary/aromatic N) is 1. The third kappa shape index (κ3) is 4.60. The molecule has 0 bridgehead atoms. The standard InChI is InChI=1S/C21H21N3O2/c1-15-3-7-18(8-4-15)24-21(25)17-11-19(14-22-13-17)23-12-16-5-9-20(26-2)10-6-16/h3-11,13-14,23H,12H2,1-2H3,(H,24,25). The first-order chi connectivity index (χ1) is 12.6. The number of carbonyl (C=O) groups excluding carboxylic acids is 1. The Bertz CT molecular complexity index is 875. The van der Waals surface area contributed by atoms with Crippen LogP contribution < -0.4 is 15.4 Å². The minimum Gasteiger partial charge on any atom is -0.497 e. The van der Waals surface area contributed by atoms with Crippen molar-refractivity contribution in [1.82, 2.24) is 4.98 Å². The molecule has 0 saturated carbocycles. The summed E-state index contributed by atoms with van der Waals surface area (Å²) < 4.78 is 5.15. The molecule has 1 amide bonds. The second-order valence-corrected chi connectivity index (χ2v) is 5.98. The van der Waals surface area contributed by atoms with Crippen LogP contribution >= 0.6 is 0 Å². The van der Waals surface area contributed by atoms with Crippen molar-refractivity contribution < 1.29 is 9.53 Å². The van der Waals surface area contributed by atoms with E-state index in [-0.39, 0.29) is 5.91 Å². The molecule has 3 rings (SSSR count). The van der Waals surface area contributed by atoms with E-state index >= 15 is 0 Å². The lowest BCUT2D eigenvalue weighted by Crippen LogP contribution is -2.12. The van der Waals surface area contributed by atoms with Crippen molar-refractivity contribution in [2.24, 2.45) is 0 Å². The number of anilines is 2. The summed E-state index contributed by atoms with van der Waals surface area (Å²) in [5.74, 6) is 0.639. The smallest absolute Gasteiger partial charge is 0.257 e. The van der Waals surface area contributed by atoms with Crippen LogP contribution in [0.5, 0.6) is 5.75 Å². The number of amides is 1. The van der Waals surface area contributed by atoms with Crippen molar-refractivity contribution in [2.45, 2.75) is 13.5 Å². The number of rotatable bonds is 6. The third-order valence-corrected chi connectivity index (χ3v) is 3.97. The molecule has 0 aliphatic carbocycles. The number of aryl methyl sites for hydroxylation is 1. The molecule has 1 aromatic heterocycles. The molecule has 1 heterocycles. The number of ether oxygens (including phenoxy) is 1. The number of nitrogens with one attached hydrogen (secondary N) is 2. The van der Waals surface area contributed by atoms with Gasteiger partial charge in [-0.05, 0) is 42.8 Å². The summed E-state index contributed by atoms with van der Waals surface area (Å²) in [4.78, 5) is 16.6. The number of pyridine rings is 1. The van der Waals surface area contributed by atoms with Gasteiger partial charge < -0.3 is 15.4 Å². The van der Waals surface area contributed by atoms with Crippen molar-refractivity contribution >= 4 is 17.3 Å². The second kappa shape index (κ2) is 8.16. The molecule has 5 heteroatoms. The van der Waals surface area contributed by atoms with Gasteiger partial charge in [0.15, 0.2) is 0 Å². The Labute approximate surface area is 153 Å². The lowest BCUT2D eigenvalue weighted by atomic mass is 10.2. The number of methoxy groups -OCH3 is 1. The van der Waals surface area contributed by atoms with Crippen LogP contribution in [0.1, 0.15) is 21.5 Å². The van der Waals surface area contributed by atoms with Gasteiger partial charge in [0.25, 0.3) is 5.91 Å². The van der Waals surface area contributed by atoms with Crippen LogP contribution in [0.2, 0.25) is 0 Å². The molecule has 0 radical (unpaired) electrons. The van der Waals surface area contributed by atoms with Crippen LogP contribution in [0.4, 0.5) is 11.4 Å². The summed E-state index contributed by atoms with van der Waals surface area (Å²) in [5, 5.41) is 6.16. The molecule has 26 heavy (non-hydrogen) atoms. The van der Waals surface area contributed by atoms with Gasteiger partial charge in [-0.25, -0.2) is 0 Å². The summed E-state index contributed by atoms with van der Waals surface area (Å²) in [6.07, 6.45) is 3.26. The highest BCUT2D eigenvalue weighted by atomic mass is 16.5. The fourth-order valence-electron chi connectivity index (χ4n) is 2.45. The Kier molecular flexibility index (Phi) is 5.49. The van der Waals surface area contributed by atoms with E-state index in [0.29, 0.717) is 12.1 Å². The molecule has 0 aliphatic rings. The van der Waals surface area contributed by atoms with Crippen molar-refractivity contribution in [1.29, 1.82) is 0 Å². The highest BCUT2D eigenvalue weighted by Crippen LogP contribution is 2.15. The van der Waals surface area contributed by atoms with E-state index in [1.165, 1.54) is 0 Å². The maximum absolute atomic E-state index is 12.4. The van der Waals surface area contributed by atoms with E-state index in [2.05, 4.69) is 15.6 Å². The minimum atomic E-state index is -0.186. The number of aromatic nitrogens is 1. The van der Waals surface area contributed by atoms with E-state index in [0.717, 1.165) is 28.3 Å². The lowest BCUT2D eigenvalue weighted by molar-refractivity contribution is 0.102. The Morgan fingerprint density at radius 2 is 1.73 bits per heavy atom. The number of hydrogen-bond donors (Lipinski definition) is 2. The first-order valence-electron chi connectivity index (χ1n) is 8.34. The highest BCUT2D eigenvalue weighted by Gasteiger charge is 2.07. The van der Waals surface area contributed by atoms with Crippen molar-refractivity contribution in [2.75, 3.05) is 17.7 Å². The summed E-state index contributed by atoms with van der Waals surface area (Å²) in [5.41, 5.74) is 4.31. The van der Waals surface area contributed by atoms with E-state index in [4.69, 9.17) is 4.74 Å². The van der Waals surface area contributed by atoms with Gasteiger partial charge in [-0.1, -0.05) is 29.8 Å². The zero-order chi connectivity index (χ0) is 18.4. The molecule has 0 saturated heterocycles. The molecule has 0 atom stereocenters. The minimum absolute atomic E-state index is 0.186. The fourth-order valence-corrected chi connectivity index (χ4v) is 2.45. The van der Waals surface area contributed by atoms with Gasteiger partial charge >= 0.3 is 0 Å². The second-order valence-electron chi connectivity index (χ2n) is 5.98. The molecule has 2 aromatic carbocycles. The fraction of sp³-hybridized carbons (Fsp3) is 0.143. The molecule has 0 unspecified atom stereocenters. The zero-order valence-electron chi connectivity index (χ0n) is 14.8. The molecule has 0 spiro atoms. The molecule has 132 valence electrons. The van der Waals surface area contributed by atoms with Crippen LogP contribution in [-0.4, -0.2) is 18.0 Å². The molecule has 0 aliphatic heterocycles. The zero-order valence-corrected chi connectivity index (χ0v) is 14.8. The van der Waals surface area contributed by atoms with E-state index in [9.17, 15) is 4.79 Å². The quantitative estimate of drug-likeness (QED) is 0.699. The van der Waals surface area contributed by atoms with Crippen molar-refractivity contribution in [3.8, 4) is 5.75 Å². The molecule has 2 N–H and O–H groups in total. The van der Waals surface area contributed by atoms with Crippen molar-refractivity contribution in [3.63, 3.8) is 0 Å². The summed E-state index contributed by atoms with van der Waals surface area (Å²) in [7, 11) is 1.64. The SMILES string of the molecule is COc1ccc(CNc2cncc(C(=O)Nc3ccc(C)cc3)c2)cc1. The van der Waals surface area contributed by atoms with Crippen LogP contribution in [0.25, 0.3) is 0 Å². The predicted molar refractivity (Wildman–Crippen MR) is 104 cm³/mol. The van der Waals surface area contributed by atoms with E-state index < -0.39 is 0 Å². The monoisotopic (exact) mass is 347 g/mol. The summed E-state index contributed by atoms with van der Waals surface area (Å²) in [6.45, 7) is 2.64. The van der Waals surface area contributed by atoms with Crippen LogP contribution in [-0.2, 0) is 6.54 Å². The summed E-state index contributed by atoms with van der Waals surface area (Å²) in [6, 6.07) is 17.3. The predicted octanol–water partition coefficient (Wildman–Crippen LogP) is 4.26. The normalized spacial score (nSPS) is 10.2. The van der Waals surface area contributed by atoms with Gasteiger partial charge in [0, 0.05) is 24.6 Å². The molecule has 3 aromatic rings. The largest absolute Gasteiger partial charge is 0.497 e. The van der Waals surface area contributed by atoms with Gasteiger partial charge in [-0.3, -0.25) is 9.78 Å². The Hall–Kier alpha value is -3.34. The molecular formula is C21H21N3O2. The maximum atomic E-state index is 12.4. The first kappa shape index (κ1) is 17.5. The Balaban J connectivity index is 1.63. The third-order valence-electron chi connectivity index (χ3n) is 3.97. The molecular weight excluding hydrogens is 326 g/mol. The van der Waals surface area contributed by atoms with Gasteiger partial charge in [-0.15, -0.1) is 0 Å². The van der Waals surface area contributed by atoms with Gasteiger partial charge in [0.1, 0.15) is 5.75 Å². The number of hydrogen-bond acceptors (Lipinski definition) is 4. The molecule has 0 fully saturated rings. The number of carbonyl (C=O) groups is 1. The Morgan fingerprint density at radius 3 is 2.42 bits per heavy atom. The van der Waals surface area contributed by atoms with Gasteiger partial charge in [-0.2, -0.15) is 0 Å².